The highest BCUT2D eigenvalue weighted by Gasteiger charge is 2.22. The van der Waals surface area contributed by atoms with E-state index in [0.29, 0.717) is 13.1 Å². The molecule has 19 heavy (non-hydrogen) atoms. The van der Waals surface area contributed by atoms with E-state index in [9.17, 15) is 4.79 Å². The molecule has 1 aliphatic heterocycles. The van der Waals surface area contributed by atoms with Crippen molar-refractivity contribution in [3.05, 3.63) is 42.2 Å². The SMILES string of the molecule is Cn1cc(CCN2C(=O)CNc3ccccc32)cn1. The molecule has 0 unspecified atom stereocenters. The van der Waals surface area contributed by atoms with Crippen LogP contribution in [0.5, 0.6) is 0 Å². The molecule has 3 rings (SSSR count). The Morgan fingerprint density at radius 3 is 3.00 bits per heavy atom. The molecule has 5 nitrogen and oxygen atoms in total. The molecule has 1 aliphatic rings. The number of aryl methyl sites for hydroxylation is 1. The Kier molecular flexibility index (Phi) is 2.95. The molecule has 1 aromatic carbocycles. The summed E-state index contributed by atoms with van der Waals surface area (Å²) in [6.45, 7) is 1.05. The third kappa shape index (κ3) is 2.31. The number of nitrogens with one attached hydrogen (secondary N) is 1. The number of aromatic nitrogens is 2. The van der Waals surface area contributed by atoms with Gasteiger partial charge in [-0.3, -0.25) is 9.48 Å². The highest BCUT2D eigenvalue weighted by molar-refractivity contribution is 6.02. The number of hydrogen-bond acceptors (Lipinski definition) is 3. The van der Waals surface area contributed by atoms with Crippen molar-refractivity contribution in [3.8, 4) is 0 Å². The van der Waals surface area contributed by atoms with Crippen molar-refractivity contribution in [2.24, 2.45) is 7.05 Å². The van der Waals surface area contributed by atoms with Crippen LogP contribution in [-0.2, 0) is 18.3 Å². The minimum absolute atomic E-state index is 0.114. The van der Waals surface area contributed by atoms with Crippen LogP contribution in [-0.4, -0.2) is 28.8 Å². The normalized spacial score (nSPS) is 14.2. The summed E-state index contributed by atoms with van der Waals surface area (Å²) in [5.74, 6) is 0.114. The van der Waals surface area contributed by atoms with Gasteiger partial charge >= 0.3 is 0 Å². The van der Waals surface area contributed by atoms with Crippen LogP contribution in [0.1, 0.15) is 5.56 Å². The van der Waals surface area contributed by atoms with E-state index < -0.39 is 0 Å². The number of nitrogens with zero attached hydrogens (tertiary/aromatic N) is 3. The predicted molar refractivity (Wildman–Crippen MR) is 74.2 cm³/mol. The average Bonchev–Trinajstić information content (AvgIpc) is 2.83. The zero-order valence-electron chi connectivity index (χ0n) is 10.8. The Hall–Kier alpha value is -2.30. The number of para-hydroxylation sites is 2. The molecule has 0 aliphatic carbocycles. The fourth-order valence-electron chi connectivity index (χ4n) is 2.35. The highest BCUT2D eigenvalue weighted by Crippen LogP contribution is 2.28. The summed E-state index contributed by atoms with van der Waals surface area (Å²) in [6.07, 6.45) is 4.64. The van der Waals surface area contributed by atoms with Crippen molar-refractivity contribution in [1.82, 2.24) is 9.78 Å². The monoisotopic (exact) mass is 256 g/mol. The maximum Gasteiger partial charge on any atom is 0.246 e. The largest absolute Gasteiger partial charge is 0.374 e. The van der Waals surface area contributed by atoms with Crippen molar-refractivity contribution in [1.29, 1.82) is 0 Å². The molecule has 1 aromatic heterocycles. The Morgan fingerprint density at radius 1 is 1.37 bits per heavy atom. The molecule has 98 valence electrons. The molecule has 0 saturated heterocycles. The summed E-state index contributed by atoms with van der Waals surface area (Å²) >= 11 is 0. The van der Waals surface area contributed by atoms with Gasteiger partial charge in [0.15, 0.2) is 0 Å². The maximum absolute atomic E-state index is 12.0. The van der Waals surface area contributed by atoms with Crippen molar-refractivity contribution in [3.63, 3.8) is 0 Å². The first-order chi connectivity index (χ1) is 9.24. The first-order valence-corrected chi connectivity index (χ1v) is 6.35. The fourth-order valence-corrected chi connectivity index (χ4v) is 2.35. The van der Waals surface area contributed by atoms with Crippen molar-refractivity contribution < 1.29 is 4.79 Å². The minimum atomic E-state index is 0.114. The Labute approximate surface area is 111 Å². The number of fused-ring (bicyclic) bond motifs is 1. The summed E-state index contributed by atoms with van der Waals surface area (Å²) in [7, 11) is 1.90. The van der Waals surface area contributed by atoms with Gasteiger partial charge in [0.2, 0.25) is 5.91 Å². The number of anilines is 2. The van der Waals surface area contributed by atoms with Gasteiger partial charge in [0.25, 0.3) is 0 Å². The van der Waals surface area contributed by atoms with Crippen molar-refractivity contribution in [2.45, 2.75) is 6.42 Å². The van der Waals surface area contributed by atoms with Gasteiger partial charge in [0.1, 0.15) is 0 Å². The van der Waals surface area contributed by atoms with Gasteiger partial charge < -0.3 is 10.2 Å². The topological polar surface area (TPSA) is 50.2 Å². The van der Waals surface area contributed by atoms with E-state index in [-0.39, 0.29) is 5.91 Å². The summed E-state index contributed by atoms with van der Waals surface area (Å²) in [4.78, 5) is 13.9. The highest BCUT2D eigenvalue weighted by atomic mass is 16.2. The van der Waals surface area contributed by atoms with Gasteiger partial charge in [0.05, 0.1) is 24.1 Å². The van der Waals surface area contributed by atoms with E-state index in [0.717, 1.165) is 23.4 Å². The maximum atomic E-state index is 12.0. The molecule has 0 bridgehead atoms. The number of carbonyl (C=O) groups is 1. The van der Waals surface area contributed by atoms with E-state index in [1.807, 2.05) is 48.6 Å². The van der Waals surface area contributed by atoms with Gasteiger partial charge in [-0.1, -0.05) is 12.1 Å². The summed E-state index contributed by atoms with van der Waals surface area (Å²) in [6, 6.07) is 7.90. The van der Waals surface area contributed by atoms with Crippen molar-refractivity contribution in [2.75, 3.05) is 23.3 Å². The van der Waals surface area contributed by atoms with Crippen LogP contribution in [0.25, 0.3) is 0 Å². The fraction of sp³-hybridized carbons (Fsp3) is 0.286. The van der Waals surface area contributed by atoms with Crippen LogP contribution in [0, 0.1) is 0 Å². The third-order valence-electron chi connectivity index (χ3n) is 3.31. The molecule has 2 heterocycles. The molecule has 1 amide bonds. The molecular formula is C14H16N4O. The van der Waals surface area contributed by atoms with Crippen LogP contribution in [0.3, 0.4) is 0 Å². The molecule has 0 atom stereocenters. The predicted octanol–water partition coefficient (Wildman–Crippen LogP) is 1.42. The Bertz CT molecular complexity index is 605. The smallest absolute Gasteiger partial charge is 0.246 e. The number of hydrogen-bond donors (Lipinski definition) is 1. The molecule has 0 fully saturated rings. The molecular weight excluding hydrogens is 240 g/mol. The second-order valence-electron chi connectivity index (χ2n) is 4.69. The second kappa shape index (κ2) is 4.76. The van der Waals surface area contributed by atoms with Gasteiger partial charge in [0, 0.05) is 19.8 Å². The first-order valence-electron chi connectivity index (χ1n) is 6.35. The van der Waals surface area contributed by atoms with Gasteiger partial charge in [-0.05, 0) is 24.1 Å². The number of benzene rings is 1. The van der Waals surface area contributed by atoms with E-state index in [2.05, 4.69) is 10.4 Å². The third-order valence-corrected chi connectivity index (χ3v) is 3.31. The van der Waals surface area contributed by atoms with Crippen molar-refractivity contribution >= 4 is 17.3 Å². The lowest BCUT2D eigenvalue weighted by molar-refractivity contribution is -0.117. The number of amides is 1. The van der Waals surface area contributed by atoms with Gasteiger partial charge in [-0.2, -0.15) is 5.10 Å². The van der Waals surface area contributed by atoms with E-state index in [1.54, 1.807) is 4.68 Å². The minimum Gasteiger partial charge on any atom is -0.374 e. The lowest BCUT2D eigenvalue weighted by atomic mass is 10.1. The van der Waals surface area contributed by atoms with Crippen LogP contribution in [0.2, 0.25) is 0 Å². The number of rotatable bonds is 3. The van der Waals surface area contributed by atoms with E-state index >= 15 is 0 Å². The summed E-state index contributed by atoms with van der Waals surface area (Å²) in [5.41, 5.74) is 3.13. The van der Waals surface area contributed by atoms with Gasteiger partial charge in [-0.25, -0.2) is 0 Å². The zero-order valence-corrected chi connectivity index (χ0v) is 10.8. The lowest BCUT2D eigenvalue weighted by Crippen LogP contribution is -2.41. The van der Waals surface area contributed by atoms with Crippen LogP contribution < -0.4 is 10.2 Å². The molecule has 1 N–H and O–H groups in total. The first kappa shape index (κ1) is 11.8. The average molecular weight is 256 g/mol. The number of carbonyl (C=O) groups excluding carboxylic acids is 1. The van der Waals surface area contributed by atoms with Crippen LogP contribution >= 0.6 is 0 Å². The lowest BCUT2D eigenvalue weighted by Gasteiger charge is -2.30. The van der Waals surface area contributed by atoms with Crippen LogP contribution in [0.15, 0.2) is 36.7 Å². The van der Waals surface area contributed by atoms with Crippen LogP contribution in [0.4, 0.5) is 11.4 Å². The Morgan fingerprint density at radius 2 is 2.21 bits per heavy atom. The summed E-state index contributed by atoms with van der Waals surface area (Å²) in [5, 5.41) is 7.28. The standard InChI is InChI=1S/C14H16N4O/c1-17-10-11(8-16-17)6-7-18-13-5-3-2-4-12(13)15-9-14(18)19/h2-5,8,10,15H,6-7,9H2,1H3. The van der Waals surface area contributed by atoms with Gasteiger partial charge in [-0.15, -0.1) is 0 Å². The molecule has 0 radical (unpaired) electrons. The Balaban J connectivity index is 1.78. The molecule has 0 saturated carbocycles. The molecule has 2 aromatic rings. The quantitative estimate of drug-likeness (QED) is 0.903. The zero-order chi connectivity index (χ0) is 13.2. The van der Waals surface area contributed by atoms with E-state index in [4.69, 9.17) is 0 Å². The van der Waals surface area contributed by atoms with E-state index in [1.165, 1.54) is 0 Å². The molecule has 5 heteroatoms. The second-order valence-corrected chi connectivity index (χ2v) is 4.69. The summed E-state index contributed by atoms with van der Waals surface area (Å²) < 4.78 is 1.78. The molecule has 0 spiro atoms.